The van der Waals surface area contributed by atoms with E-state index in [1.54, 1.807) is 22.8 Å². The lowest BCUT2D eigenvalue weighted by molar-refractivity contribution is -0.384. The van der Waals surface area contributed by atoms with Crippen molar-refractivity contribution in [1.29, 1.82) is 0 Å². The maximum Gasteiger partial charge on any atom is 0.270 e. The molecule has 0 atom stereocenters. The number of aromatic nitrogens is 3. The molecule has 3 aromatic rings. The molecule has 0 fully saturated rings. The van der Waals surface area contributed by atoms with Crippen molar-refractivity contribution in [3.63, 3.8) is 0 Å². The Balaban J connectivity index is 0.00000176. The fourth-order valence-corrected chi connectivity index (χ4v) is 2.93. The van der Waals surface area contributed by atoms with E-state index in [1.807, 2.05) is 0 Å². The molecule has 7 nitrogen and oxygen atoms in total. The number of non-ortho nitro benzene ring substituents is 1. The normalized spacial score (nSPS) is 10.6. The molecule has 0 unspecified atom stereocenters. The van der Waals surface area contributed by atoms with Gasteiger partial charge in [-0.3, -0.25) is 10.1 Å². The van der Waals surface area contributed by atoms with Crippen LogP contribution in [0.15, 0.2) is 30.5 Å². The SMILES string of the molecule is Cl.NCCCc1nn2cc(-c3cccc([N+](=O)[O-])c3)nc2s1. The molecule has 2 aromatic heterocycles. The topological polar surface area (TPSA) is 99.3 Å². The third kappa shape index (κ3) is 3.24. The molecule has 0 spiro atoms. The van der Waals surface area contributed by atoms with Crippen LogP contribution in [0.1, 0.15) is 11.4 Å². The predicted molar refractivity (Wildman–Crippen MR) is 87.6 cm³/mol. The van der Waals surface area contributed by atoms with Gasteiger partial charge in [-0.05, 0) is 13.0 Å². The Hall–Kier alpha value is -2.03. The van der Waals surface area contributed by atoms with E-state index in [2.05, 4.69) is 10.1 Å². The third-order valence-electron chi connectivity index (χ3n) is 3.03. The van der Waals surface area contributed by atoms with Crippen LogP contribution in [-0.2, 0) is 6.42 Å². The van der Waals surface area contributed by atoms with Crippen LogP contribution >= 0.6 is 23.7 Å². The second kappa shape index (κ2) is 6.82. The van der Waals surface area contributed by atoms with Crippen LogP contribution in [0.4, 0.5) is 5.69 Å². The lowest BCUT2D eigenvalue weighted by atomic mass is 10.1. The highest BCUT2D eigenvalue weighted by Crippen LogP contribution is 2.25. The number of nitrogens with two attached hydrogens (primary N) is 1. The monoisotopic (exact) mass is 339 g/mol. The summed E-state index contributed by atoms with van der Waals surface area (Å²) in [5.41, 5.74) is 6.94. The summed E-state index contributed by atoms with van der Waals surface area (Å²) in [6, 6.07) is 6.43. The zero-order chi connectivity index (χ0) is 14.8. The molecule has 1 aromatic carbocycles. The van der Waals surface area contributed by atoms with Gasteiger partial charge in [0.15, 0.2) is 0 Å². The number of aryl methyl sites for hydroxylation is 1. The standard InChI is InChI=1S/C13H13N5O2S.ClH/c14-6-2-5-12-16-17-8-11(15-13(17)21-12)9-3-1-4-10(7-9)18(19)20;/h1,3-4,7-8H,2,5-6,14H2;1H. The molecule has 0 aliphatic heterocycles. The summed E-state index contributed by atoms with van der Waals surface area (Å²) in [7, 11) is 0. The zero-order valence-corrected chi connectivity index (χ0v) is 13.1. The molecule has 0 aliphatic rings. The van der Waals surface area contributed by atoms with Gasteiger partial charge in [0.1, 0.15) is 5.01 Å². The van der Waals surface area contributed by atoms with E-state index < -0.39 is 4.92 Å². The first-order valence-corrected chi connectivity index (χ1v) is 7.29. The van der Waals surface area contributed by atoms with Gasteiger partial charge in [0, 0.05) is 24.1 Å². The van der Waals surface area contributed by atoms with Crippen molar-refractivity contribution in [3.8, 4) is 11.3 Å². The van der Waals surface area contributed by atoms with Crippen LogP contribution < -0.4 is 5.73 Å². The Labute approximate surface area is 136 Å². The summed E-state index contributed by atoms with van der Waals surface area (Å²) < 4.78 is 1.71. The van der Waals surface area contributed by atoms with E-state index in [-0.39, 0.29) is 18.1 Å². The first-order valence-electron chi connectivity index (χ1n) is 6.47. The first-order chi connectivity index (χ1) is 10.2. The largest absolute Gasteiger partial charge is 0.330 e. The summed E-state index contributed by atoms with van der Waals surface area (Å²) in [6.07, 6.45) is 3.53. The minimum atomic E-state index is -0.412. The molecule has 116 valence electrons. The number of benzene rings is 1. The highest BCUT2D eigenvalue weighted by Gasteiger charge is 2.12. The highest BCUT2D eigenvalue weighted by molar-refractivity contribution is 7.16. The summed E-state index contributed by atoms with van der Waals surface area (Å²) in [5, 5.41) is 16.2. The summed E-state index contributed by atoms with van der Waals surface area (Å²) in [5.74, 6) is 0. The Bertz CT molecular complexity index is 769. The van der Waals surface area contributed by atoms with Gasteiger partial charge in [-0.2, -0.15) is 5.10 Å². The first kappa shape index (κ1) is 16.3. The number of nitro groups is 1. The number of fused-ring (bicyclic) bond motifs is 1. The fraction of sp³-hybridized carbons (Fsp3) is 0.231. The van der Waals surface area contributed by atoms with Gasteiger partial charge in [0.25, 0.3) is 5.69 Å². The molecular weight excluding hydrogens is 326 g/mol. The van der Waals surface area contributed by atoms with E-state index in [1.165, 1.54) is 23.5 Å². The molecule has 0 saturated carbocycles. The minimum absolute atomic E-state index is 0. The number of nitrogens with zero attached hydrogens (tertiary/aromatic N) is 4. The number of hydrogen-bond donors (Lipinski definition) is 1. The molecule has 2 N–H and O–H groups in total. The number of imidazole rings is 1. The number of halogens is 1. The van der Waals surface area contributed by atoms with Crippen molar-refractivity contribution in [2.75, 3.05) is 6.54 Å². The van der Waals surface area contributed by atoms with E-state index in [4.69, 9.17) is 5.73 Å². The van der Waals surface area contributed by atoms with E-state index in [0.29, 0.717) is 17.8 Å². The highest BCUT2D eigenvalue weighted by atomic mass is 35.5. The molecule has 0 saturated heterocycles. The molecule has 22 heavy (non-hydrogen) atoms. The van der Waals surface area contributed by atoms with Crippen LogP contribution in [-0.4, -0.2) is 26.1 Å². The summed E-state index contributed by atoms with van der Waals surface area (Å²) in [4.78, 5) is 15.7. The van der Waals surface area contributed by atoms with Crippen molar-refractivity contribution >= 4 is 34.4 Å². The molecule has 3 rings (SSSR count). The summed E-state index contributed by atoms with van der Waals surface area (Å²) >= 11 is 1.51. The minimum Gasteiger partial charge on any atom is -0.330 e. The van der Waals surface area contributed by atoms with Crippen molar-refractivity contribution < 1.29 is 4.92 Å². The van der Waals surface area contributed by atoms with Crippen LogP contribution in [0.2, 0.25) is 0 Å². The molecule has 0 aliphatic carbocycles. The third-order valence-corrected chi connectivity index (χ3v) is 4.01. The van der Waals surface area contributed by atoms with Crippen LogP contribution in [0.25, 0.3) is 16.2 Å². The molecule has 9 heteroatoms. The van der Waals surface area contributed by atoms with E-state index >= 15 is 0 Å². The zero-order valence-electron chi connectivity index (χ0n) is 11.5. The van der Waals surface area contributed by atoms with Gasteiger partial charge in [-0.15, -0.1) is 12.4 Å². The Morgan fingerprint density at radius 2 is 2.23 bits per heavy atom. The van der Waals surface area contributed by atoms with Crippen molar-refractivity contribution in [2.24, 2.45) is 5.73 Å². The molecule has 0 bridgehead atoms. The lowest BCUT2D eigenvalue weighted by Crippen LogP contribution is -2.00. The smallest absolute Gasteiger partial charge is 0.270 e. The molecular formula is C13H14ClN5O2S. The second-order valence-electron chi connectivity index (χ2n) is 4.55. The maximum atomic E-state index is 10.8. The van der Waals surface area contributed by atoms with Gasteiger partial charge in [0.05, 0.1) is 16.8 Å². The average Bonchev–Trinajstić information content (AvgIpc) is 3.03. The van der Waals surface area contributed by atoms with Crippen LogP contribution in [0.5, 0.6) is 0 Å². The fourth-order valence-electron chi connectivity index (χ4n) is 2.01. The number of nitro benzene ring substituents is 1. The van der Waals surface area contributed by atoms with Crippen LogP contribution in [0.3, 0.4) is 0 Å². The van der Waals surface area contributed by atoms with Crippen molar-refractivity contribution in [2.45, 2.75) is 12.8 Å². The number of hydrogen-bond acceptors (Lipinski definition) is 6. The Morgan fingerprint density at radius 1 is 1.41 bits per heavy atom. The Kier molecular flexibility index (Phi) is 5.07. The van der Waals surface area contributed by atoms with Crippen molar-refractivity contribution in [3.05, 3.63) is 45.6 Å². The van der Waals surface area contributed by atoms with E-state index in [0.717, 1.165) is 22.8 Å². The predicted octanol–water partition coefficient (Wildman–Crippen LogP) is 2.68. The van der Waals surface area contributed by atoms with Gasteiger partial charge in [-0.25, -0.2) is 9.50 Å². The van der Waals surface area contributed by atoms with Crippen LogP contribution in [0, 0.1) is 10.1 Å². The van der Waals surface area contributed by atoms with Gasteiger partial charge in [0.2, 0.25) is 4.96 Å². The van der Waals surface area contributed by atoms with Crippen molar-refractivity contribution in [1.82, 2.24) is 14.6 Å². The molecule has 0 radical (unpaired) electrons. The Morgan fingerprint density at radius 3 is 2.91 bits per heavy atom. The number of rotatable bonds is 5. The maximum absolute atomic E-state index is 10.8. The quantitative estimate of drug-likeness (QED) is 0.569. The lowest BCUT2D eigenvalue weighted by Gasteiger charge is -1.96. The van der Waals surface area contributed by atoms with Gasteiger partial charge < -0.3 is 5.73 Å². The second-order valence-corrected chi connectivity index (χ2v) is 5.59. The van der Waals surface area contributed by atoms with E-state index in [9.17, 15) is 10.1 Å². The molecule has 0 amide bonds. The van der Waals surface area contributed by atoms with Gasteiger partial charge >= 0.3 is 0 Å². The summed E-state index contributed by atoms with van der Waals surface area (Å²) in [6.45, 7) is 0.640. The molecule has 2 heterocycles. The average molecular weight is 340 g/mol. The van der Waals surface area contributed by atoms with Gasteiger partial charge in [-0.1, -0.05) is 23.5 Å².